The van der Waals surface area contributed by atoms with Gasteiger partial charge in [0.2, 0.25) is 5.78 Å². The van der Waals surface area contributed by atoms with Crippen molar-refractivity contribution in [1.82, 2.24) is 9.88 Å². The summed E-state index contributed by atoms with van der Waals surface area (Å²) in [5.41, 5.74) is 4.09. The van der Waals surface area contributed by atoms with Crippen LogP contribution in [0.1, 0.15) is 40.3 Å². The number of nitrogens with one attached hydrogen (secondary N) is 2. The molecule has 2 heterocycles. The molecule has 1 aromatic heterocycles. The SMILES string of the molecule is Cc1cc(C(=O)C[NH+]2CCNC(=O)C2)c(C)n1[C@@H](C)c1ccccc1. The van der Waals surface area contributed by atoms with Crippen molar-refractivity contribution < 1.29 is 14.5 Å². The number of carbonyl (C=O) groups excluding carboxylic acids is 2. The van der Waals surface area contributed by atoms with E-state index in [9.17, 15) is 9.59 Å². The molecule has 2 N–H and O–H groups in total. The largest absolute Gasteiger partial charge is 0.346 e. The Morgan fingerprint density at radius 3 is 2.68 bits per heavy atom. The van der Waals surface area contributed by atoms with E-state index in [1.807, 2.05) is 38.1 Å². The molecule has 1 fully saturated rings. The summed E-state index contributed by atoms with van der Waals surface area (Å²) in [5, 5.41) is 2.81. The first-order chi connectivity index (χ1) is 12.0. The van der Waals surface area contributed by atoms with Crippen LogP contribution >= 0.6 is 0 Å². The maximum atomic E-state index is 12.8. The van der Waals surface area contributed by atoms with Crippen LogP contribution in [0.3, 0.4) is 0 Å². The first-order valence-electron chi connectivity index (χ1n) is 8.84. The summed E-state index contributed by atoms with van der Waals surface area (Å²) < 4.78 is 2.22. The average Bonchev–Trinajstić information content (AvgIpc) is 2.90. The van der Waals surface area contributed by atoms with Crippen molar-refractivity contribution in [3.05, 3.63) is 58.9 Å². The second kappa shape index (κ2) is 7.23. The molecule has 1 saturated heterocycles. The van der Waals surface area contributed by atoms with Crippen molar-refractivity contribution in [2.75, 3.05) is 26.2 Å². The average molecular weight is 340 g/mol. The Hall–Kier alpha value is -2.40. The van der Waals surface area contributed by atoms with E-state index in [-0.39, 0.29) is 17.7 Å². The summed E-state index contributed by atoms with van der Waals surface area (Å²) in [6.07, 6.45) is 0. The molecule has 5 heteroatoms. The lowest BCUT2D eigenvalue weighted by atomic mass is 10.1. The number of rotatable bonds is 5. The van der Waals surface area contributed by atoms with E-state index in [1.54, 1.807) is 0 Å². The molecule has 0 bridgehead atoms. The molecule has 132 valence electrons. The topological polar surface area (TPSA) is 55.5 Å². The molecule has 1 aliphatic heterocycles. The van der Waals surface area contributed by atoms with Crippen LogP contribution in [-0.4, -0.2) is 42.4 Å². The Bertz CT molecular complexity index is 780. The van der Waals surface area contributed by atoms with Crippen LogP contribution in [0.4, 0.5) is 0 Å². The minimum atomic E-state index is 0.0252. The normalized spacial score (nSPS) is 18.7. The van der Waals surface area contributed by atoms with Crippen molar-refractivity contribution in [3.63, 3.8) is 0 Å². The van der Waals surface area contributed by atoms with Gasteiger partial charge in [0.1, 0.15) is 6.54 Å². The van der Waals surface area contributed by atoms with Crippen LogP contribution in [0.15, 0.2) is 36.4 Å². The van der Waals surface area contributed by atoms with E-state index >= 15 is 0 Å². The van der Waals surface area contributed by atoms with Crippen molar-refractivity contribution in [2.45, 2.75) is 26.8 Å². The fourth-order valence-corrected chi connectivity index (χ4v) is 3.77. The highest BCUT2D eigenvalue weighted by molar-refractivity contribution is 5.98. The number of hydrogen-bond donors (Lipinski definition) is 2. The van der Waals surface area contributed by atoms with Crippen LogP contribution in [0.25, 0.3) is 0 Å². The van der Waals surface area contributed by atoms with Gasteiger partial charge in [-0.2, -0.15) is 0 Å². The van der Waals surface area contributed by atoms with E-state index in [1.165, 1.54) is 5.56 Å². The summed E-state index contributed by atoms with van der Waals surface area (Å²) in [6.45, 7) is 8.41. The molecule has 2 aromatic rings. The molecule has 1 amide bonds. The lowest BCUT2D eigenvalue weighted by Crippen LogP contribution is -3.16. The van der Waals surface area contributed by atoms with Crippen molar-refractivity contribution in [1.29, 1.82) is 0 Å². The molecule has 3 rings (SSSR count). The third-order valence-electron chi connectivity index (χ3n) is 5.08. The Labute approximate surface area is 148 Å². The van der Waals surface area contributed by atoms with Gasteiger partial charge < -0.3 is 14.8 Å². The number of Topliss-reactive ketones (excluding diaryl/α,β-unsaturated/α-hetero) is 1. The minimum Gasteiger partial charge on any atom is -0.346 e. The van der Waals surface area contributed by atoms with Gasteiger partial charge in [-0.05, 0) is 32.4 Å². The Balaban J connectivity index is 1.81. The zero-order valence-electron chi connectivity index (χ0n) is 15.1. The Morgan fingerprint density at radius 1 is 1.28 bits per heavy atom. The van der Waals surface area contributed by atoms with Gasteiger partial charge in [-0.3, -0.25) is 9.59 Å². The van der Waals surface area contributed by atoms with Crippen LogP contribution in [0, 0.1) is 13.8 Å². The summed E-state index contributed by atoms with van der Waals surface area (Å²) in [7, 11) is 0. The highest BCUT2D eigenvalue weighted by atomic mass is 16.2. The van der Waals surface area contributed by atoms with Crippen LogP contribution < -0.4 is 10.2 Å². The van der Waals surface area contributed by atoms with E-state index < -0.39 is 0 Å². The van der Waals surface area contributed by atoms with Gasteiger partial charge in [-0.15, -0.1) is 0 Å². The number of aryl methyl sites for hydroxylation is 1. The number of aromatic nitrogens is 1. The summed E-state index contributed by atoms with van der Waals surface area (Å²) in [6, 6.07) is 12.5. The number of carbonyl (C=O) groups is 2. The molecule has 2 atom stereocenters. The van der Waals surface area contributed by atoms with Crippen LogP contribution in [-0.2, 0) is 4.79 Å². The predicted octanol–water partition coefficient (Wildman–Crippen LogP) is 0.912. The maximum absolute atomic E-state index is 12.8. The molecule has 25 heavy (non-hydrogen) atoms. The van der Waals surface area contributed by atoms with Crippen molar-refractivity contribution in [3.8, 4) is 0 Å². The molecule has 1 aromatic carbocycles. The van der Waals surface area contributed by atoms with Crippen molar-refractivity contribution in [2.24, 2.45) is 0 Å². The van der Waals surface area contributed by atoms with Crippen LogP contribution in [0.2, 0.25) is 0 Å². The molecule has 0 spiro atoms. The Morgan fingerprint density at radius 2 is 2.00 bits per heavy atom. The third-order valence-corrected chi connectivity index (χ3v) is 5.08. The van der Waals surface area contributed by atoms with Gasteiger partial charge >= 0.3 is 0 Å². The van der Waals surface area contributed by atoms with Crippen LogP contribution in [0.5, 0.6) is 0 Å². The number of nitrogens with zero attached hydrogens (tertiary/aromatic N) is 1. The number of piperazine rings is 1. The molecule has 1 aliphatic rings. The summed E-state index contributed by atoms with van der Waals surface area (Å²) in [4.78, 5) is 25.4. The standard InChI is InChI=1S/C20H25N3O2/c1-14-11-18(19(24)12-22-10-9-21-20(25)13-22)16(3)23(14)15(2)17-7-5-4-6-8-17/h4-8,11,15H,9-10,12-13H2,1-3H3,(H,21,25)/p+1/t15-/m0/s1. The Kier molecular flexibility index (Phi) is 5.04. The zero-order valence-corrected chi connectivity index (χ0v) is 15.1. The van der Waals surface area contributed by atoms with E-state index in [0.29, 0.717) is 19.6 Å². The van der Waals surface area contributed by atoms with Gasteiger partial charge in [0, 0.05) is 17.0 Å². The molecule has 1 unspecified atom stereocenters. The molecule has 0 aliphatic carbocycles. The predicted molar refractivity (Wildman–Crippen MR) is 97.1 cm³/mol. The van der Waals surface area contributed by atoms with Gasteiger partial charge in [0.15, 0.2) is 6.54 Å². The number of ketones is 1. The smallest absolute Gasteiger partial charge is 0.275 e. The number of amides is 1. The monoisotopic (exact) mass is 340 g/mol. The molecule has 5 nitrogen and oxygen atoms in total. The second-order valence-electron chi connectivity index (χ2n) is 6.87. The quantitative estimate of drug-likeness (QED) is 0.795. The number of hydrogen-bond acceptors (Lipinski definition) is 2. The summed E-state index contributed by atoms with van der Waals surface area (Å²) in [5.74, 6) is 0.140. The maximum Gasteiger partial charge on any atom is 0.275 e. The second-order valence-corrected chi connectivity index (χ2v) is 6.87. The van der Waals surface area contributed by atoms with Gasteiger partial charge in [0.05, 0.1) is 19.1 Å². The molecule has 0 radical (unpaired) electrons. The highest BCUT2D eigenvalue weighted by Gasteiger charge is 2.26. The summed E-state index contributed by atoms with van der Waals surface area (Å²) >= 11 is 0. The fraction of sp³-hybridized carbons (Fsp3) is 0.400. The van der Waals surface area contributed by atoms with E-state index in [4.69, 9.17) is 0 Å². The van der Waals surface area contributed by atoms with Gasteiger partial charge in [0.25, 0.3) is 5.91 Å². The van der Waals surface area contributed by atoms with E-state index in [0.717, 1.165) is 28.4 Å². The fourth-order valence-electron chi connectivity index (χ4n) is 3.77. The molecule has 0 saturated carbocycles. The molecular weight excluding hydrogens is 314 g/mol. The minimum absolute atomic E-state index is 0.0252. The zero-order chi connectivity index (χ0) is 18.0. The lowest BCUT2D eigenvalue weighted by Gasteiger charge is -2.23. The lowest BCUT2D eigenvalue weighted by molar-refractivity contribution is -0.884. The number of benzene rings is 1. The molecular formula is C20H26N3O2+. The first kappa shape index (κ1) is 17.4. The van der Waals surface area contributed by atoms with E-state index in [2.05, 4.69) is 28.9 Å². The van der Waals surface area contributed by atoms with Gasteiger partial charge in [-0.1, -0.05) is 30.3 Å². The highest BCUT2D eigenvalue weighted by Crippen LogP contribution is 2.25. The number of quaternary nitrogens is 1. The van der Waals surface area contributed by atoms with Crippen molar-refractivity contribution >= 4 is 11.7 Å². The first-order valence-corrected chi connectivity index (χ1v) is 8.84. The van der Waals surface area contributed by atoms with Gasteiger partial charge in [-0.25, -0.2) is 0 Å². The third kappa shape index (κ3) is 3.66.